The highest BCUT2D eigenvalue weighted by Crippen LogP contribution is 2.22. The minimum absolute atomic E-state index is 0.182. The van der Waals surface area contributed by atoms with E-state index in [4.69, 9.17) is 5.11 Å². The molecule has 1 fully saturated rings. The predicted molar refractivity (Wildman–Crippen MR) is 82.8 cm³/mol. The summed E-state index contributed by atoms with van der Waals surface area (Å²) in [6.07, 6.45) is 0.740. The first kappa shape index (κ1) is 16.4. The first-order valence-corrected chi connectivity index (χ1v) is 8.80. The second-order valence-electron chi connectivity index (χ2n) is 5.59. The van der Waals surface area contributed by atoms with Crippen molar-refractivity contribution in [3.05, 3.63) is 29.3 Å². The number of aryl methyl sites for hydroxylation is 2. The minimum Gasteiger partial charge on any atom is -0.396 e. The van der Waals surface area contributed by atoms with Crippen LogP contribution in [-0.2, 0) is 10.0 Å². The van der Waals surface area contributed by atoms with Crippen LogP contribution in [0.1, 0.15) is 17.5 Å². The number of benzene rings is 1. The third-order valence-electron chi connectivity index (χ3n) is 3.91. The molecule has 1 heterocycles. The summed E-state index contributed by atoms with van der Waals surface area (Å²) in [4.78, 5) is 2.61. The number of hydrogen-bond acceptors (Lipinski definition) is 4. The maximum Gasteiger partial charge on any atom is 0.243 e. The molecule has 0 atom stereocenters. The number of nitrogens with zero attached hydrogens (tertiary/aromatic N) is 2. The van der Waals surface area contributed by atoms with Gasteiger partial charge in [0.2, 0.25) is 10.0 Å². The molecule has 2 rings (SSSR count). The number of rotatable bonds is 5. The molecule has 1 aromatic carbocycles. The van der Waals surface area contributed by atoms with Crippen LogP contribution in [0, 0.1) is 13.8 Å². The van der Waals surface area contributed by atoms with E-state index in [-0.39, 0.29) is 6.61 Å². The lowest BCUT2D eigenvalue weighted by Crippen LogP contribution is -2.48. The molecule has 6 heteroatoms. The molecule has 1 saturated heterocycles. The Morgan fingerprint density at radius 3 is 2.38 bits per heavy atom. The van der Waals surface area contributed by atoms with E-state index in [1.54, 1.807) is 10.4 Å². The summed E-state index contributed by atoms with van der Waals surface area (Å²) < 4.78 is 27.0. The van der Waals surface area contributed by atoms with Crippen LogP contribution < -0.4 is 0 Å². The number of aliphatic hydroxyl groups is 1. The lowest BCUT2D eigenvalue weighted by atomic mass is 10.2. The fourth-order valence-electron chi connectivity index (χ4n) is 2.72. The molecular formula is C15H24N2O3S. The fraction of sp³-hybridized carbons (Fsp3) is 0.600. The third-order valence-corrected chi connectivity index (χ3v) is 5.97. The van der Waals surface area contributed by atoms with Gasteiger partial charge in [-0.15, -0.1) is 0 Å². The number of hydrogen-bond donors (Lipinski definition) is 1. The molecular weight excluding hydrogens is 288 g/mol. The maximum absolute atomic E-state index is 12.7. The molecule has 118 valence electrons. The second-order valence-corrected chi connectivity index (χ2v) is 7.50. The van der Waals surface area contributed by atoms with Gasteiger partial charge >= 0.3 is 0 Å². The van der Waals surface area contributed by atoms with Crippen molar-refractivity contribution in [3.63, 3.8) is 0 Å². The first-order chi connectivity index (χ1) is 9.95. The lowest BCUT2D eigenvalue weighted by Gasteiger charge is -2.34. The zero-order valence-electron chi connectivity index (χ0n) is 12.7. The van der Waals surface area contributed by atoms with Crippen molar-refractivity contribution >= 4 is 10.0 Å². The van der Waals surface area contributed by atoms with Crippen molar-refractivity contribution in [2.24, 2.45) is 0 Å². The van der Waals surface area contributed by atoms with Crippen LogP contribution in [0.2, 0.25) is 0 Å². The number of aliphatic hydroxyl groups excluding tert-OH is 1. The van der Waals surface area contributed by atoms with Crippen molar-refractivity contribution in [1.82, 2.24) is 9.21 Å². The molecule has 1 aromatic rings. The highest BCUT2D eigenvalue weighted by molar-refractivity contribution is 7.89. The van der Waals surface area contributed by atoms with E-state index in [0.29, 0.717) is 18.0 Å². The highest BCUT2D eigenvalue weighted by Gasteiger charge is 2.29. The third kappa shape index (κ3) is 3.83. The van der Waals surface area contributed by atoms with Gasteiger partial charge in [0.05, 0.1) is 4.90 Å². The molecule has 0 spiro atoms. The standard InChI is InChI=1S/C15H24N2O3S/c1-13-4-5-15(14(2)12-13)21(19,20)17-9-7-16(8-10-17)6-3-11-18/h4-5,12,18H,3,6-11H2,1-2H3. The Kier molecular flexibility index (Phi) is 5.37. The van der Waals surface area contributed by atoms with E-state index in [1.807, 2.05) is 26.0 Å². The van der Waals surface area contributed by atoms with Crippen LogP contribution in [0.15, 0.2) is 23.1 Å². The van der Waals surface area contributed by atoms with Gasteiger partial charge in [0.1, 0.15) is 0 Å². The second kappa shape index (κ2) is 6.87. The van der Waals surface area contributed by atoms with E-state index in [9.17, 15) is 8.42 Å². The average molecular weight is 312 g/mol. The molecule has 0 amide bonds. The normalized spacial score (nSPS) is 18.0. The van der Waals surface area contributed by atoms with Gasteiger partial charge in [-0.3, -0.25) is 0 Å². The van der Waals surface area contributed by atoms with Crippen LogP contribution in [0.4, 0.5) is 0 Å². The Bertz CT molecular complexity index is 579. The zero-order valence-corrected chi connectivity index (χ0v) is 13.6. The van der Waals surface area contributed by atoms with Crippen LogP contribution in [0.5, 0.6) is 0 Å². The molecule has 1 aliphatic rings. The van der Waals surface area contributed by atoms with E-state index in [2.05, 4.69) is 4.90 Å². The van der Waals surface area contributed by atoms with E-state index in [1.165, 1.54) is 0 Å². The van der Waals surface area contributed by atoms with Crippen molar-refractivity contribution < 1.29 is 13.5 Å². The molecule has 0 unspecified atom stereocenters. The summed E-state index contributed by atoms with van der Waals surface area (Å²) in [6.45, 7) is 7.30. The van der Waals surface area contributed by atoms with Crippen molar-refractivity contribution in [2.45, 2.75) is 25.2 Å². The Balaban J connectivity index is 2.08. The largest absolute Gasteiger partial charge is 0.396 e. The summed E-state index contributed by atoms with van der Waals surface area (Å²) in [6, 6.07) is 5.46. The molecule has 5 nitrogen and oxygen atoms in total. The summed E-state index contributed by atoms with van der Waals surface area (Å²) in [5.74, 6) is 0. The van der Waals surface area contributed by atoms with E-state index in [0.717, 1.165) is 37.2 Å². The molecule has 0 bridgehead atoms. The molecule has 0 saturated carbocycles. The Morgan fingerprint density at radius 1 is 1.14 bits per heavy atom. The predicted octanol–water partition coefficient (Wildman–Crippen LogP) is 0.992. The lowest BCUT2D eigenvalue weighted by molar-refractivity contribution is 0.171. The molecule has 21 heavy (non-hydrogen) atoms. The monoisotopic (exact) mass is 312 g/mol. The zero-order chi connectivity index (χ0) is 15.5. The smallest absolute Gasteiger partial charge is 0.243 e. The van der Waals surface area contributed by atoms with Crippen LogP contribution in [-0.4, -0.2) is 62.1 Å². The summed E-state index contributed by atoms with van der Waals surface area (Å²) in [5.41, 5.74) is 1.87. The minimum atomic E-state index is -3.40. The SMILES string of the molecule is Cc1ccc(S(=O)(=O)N2CCN(CCCO)CC2)c(C)c1. The van der Waals surface area contributed by atoms with Gasteiger partial charge in [-0.2, -0.15) is 4.31 Å². The molecule has 1 N–H and O–H groups in total. The highest BCUT2D eigenvalue weighted by atomic mass is 32.2. The van der Waals surface area contributed by atoms with Crippen molar-refractivity contribution in [1.29, 1.82) is 0 Å². The van der Waals surface area contributed by atoms with Crippen LogP contribution >= 0.6 is 0 Å². The Morgan fingerprint density at radius 2 is 1.81 bits per heavy atom. The van der Waals surface area contributed by atoms with Gasteiger partial charge in [0.25, 0.3) is 0 Å². The Labute approximate surface area is 127 Å². The number of sulfonamides is 1. The van der Waals surface area contributed by atoms with Gasteiger partial charge in [0.15, 0.2) is 0 Å². The summed E-state index contributed by atoms with van der Waals surface area (Å²) >= 11 is 0. The average Bonchev–Trinajstić information content (AvgIpc) is 2.45. The van der Waals surface area contributed by atoms with Crippen molar-refractivity contribution in [2.75, 3.05) is 39.3 Å². The van der Waals surface area contributed by atoms with Crippen LogP contribution in [0.25, 0.3) is 0 Å². The van der Waals surface area contributed by atoms with Gasteiger partial charge in [-0.25, -0.2) is 8.42 Å². The van der Waals surface area contributed by atoms with Crippen LogP contribution in [0.3, 0.4) is 0 Å². The number of piperazine rings is 1. The fourth-order valence-corrected chi connectivity index (χ4v) is 4.34. The molecule has 1 aliphatic heterocycles. The maximum atomic E-state index is 12.7. The van der Waals surface area contributed by atoms with E-state index < -0.39 is 10.0 Å². The molecule has 0 aliphatic carbocycles. The van der Waals surface area contributed by atoms with Gasteiger partial charge in [-0.05, 0) is 31.9 Å². The van der Waals surface area contributed by atoms with E-state index >= 15 is 0 Å². The molecule has 0 aromatic heterocycles. The van der Waals surface area contributed by atoms with Gasteiger partial charge in [0, 0.05) is 39.3 Å². The summed E-state index contributed by atoms with van der Waals surface area (Å²) in [7, 11) is -3.40. The van der Waals surface area contributed by atoms with Crippen molar-refractivity contribution in [3.8, 4) is 0 Å². The summed E-state index contributed by atoms with van der Waals surface area (Å²) in [5, 5.41) is 8.85. The van der Waals surface area contributed by atoms with Gasteiger partial charge < -0.3 is 10.0 Å². The Hall–Kier alpha value is -0.950. The quantitative estimate of drug-likeness (QED) is 0.881. The molecule has 0 radical (unpaired) electrons. The first-order valence-electron chi connectivity index (χ1n) is 7.36. The topological polar surface area (TPSA) is 60.9 Å². The van der Waals surface area contributed by atoms with Gasteiger partial charge in [-0.1, -0.05) is 17.7 Å².